The molecule has 3 rings (SSSR count). The molecule has 0 radical (unpaired) electrons. The van der Waals surface area contributed by atoms with E-state index in [0.29, 0.717) is 29.8 Å². The quantitative estimate of drug-likeness (QED) is 0.384. The summed E-state index contributed by atoms with van der Waals surface area (Å²) in [6, 6.07) is 9.94. The highest BCUT2D eigenvalue weighted by Crippen LogP contribution is 2.48. The molecule has 2 unspecified atom stereocenters. The Kier molecular flexibility index (Phi) is 19.2. The van der Waals surface area contributed by atoms with Crippen LogP contribution < -0.4 is 11.1 Å². The molecule has 0 spiro atoms. The maximum absolute atomic E-state index is 5.33. The fraction of sp³-hybridized carbons (Fsp3) is 0.697. The highest BCUT2D eigenvalue weighted by molar-refractivity contribution is 5.26. The topological polar surface area (TPSA) is 69.5 Å². The molecule has 1 saturated carbocycles. The summed E-state index contributed by atoms with van der Waals surface area (Å²) < 4.78 is 0. The van der Waals surface area contributed by atoms with Crippen LogP contribution in [-0.4, -0.2) is 25.1 Å². The Bertz CT molecular complexity index is 733. The van der Waals surface area contributed by atoms with E-state index in [0.717, 1.165) is 18.3 Å². The molecule has 0 heterocycles. The van der Waals surface area contributed by atoms with Gasteiger partial charge in [-0.25, -0.2) is 0 Å². The van der Waals surface area contributed by atoms with E-state index in [2.05, 4.69) is 104 Å². The van der Waals surface area contributed by atoms with Crippen molar-refractivity contribution in [2.75, 3.05) is 13.6 Å². The van der Waals surface area contributed by atoms with Gasteiger partial charge in [-0.05, 0) is 80.7 Å². The third-order valence-electron chi connectivity index (χ3n) is 7.88. The Morgan fingerprint density at radius 1 is 1.03 bits per heavy atom. The summed E-state index contributed by atoms with van der Waals surface area (Å²) in [5, 5.41) is 3.59. The van der Waals surface area contributed by atoms with Gasteiger partial charge in [0.15, 0.2) is 0 Å². The summed E-state index contributed by atoms with van der Waals surface area (Å²) in [5.74, 6) is 3.00. The van der Waals surface area contributed by atoms with Crippen molar-refractivity contribution >= 4 is 0 Å². The first-order valence-corrected chi connectivity index (χ1v) is 13.9. The number of hydrogen-bond acceptors (Lipinski definition) is 2. The summed E-state index contributed by atoms with van der Waals surface area (Å²) >= 11 is 0. The number of rotatable bonds is 6. The van der Waals surface area contributed by atoms with E-state index in [1.807, 2.05) is 6.08 Å². The second-order valence-electron chi connectivity index (χ2n) is 11.6. The van der Waals surface area contributed by atoms with E-state index in [-0.39, 0.29) is 12.9 Å². The van der Waals surface area contributed by atoms with Gasteiger partial charge in [0.2, 0.25) is 0 Å². The van der Waals surface area contributed by atoms with Gasteiger partial charge >= 0.3 is 0 Å². The van der Waals surface area contributed by atoms with Crippen molar-refractivity contribution in [3.05, 3.63) is 59.2 Å². The lowest BCUT2D eigenvalue weighted by atomic mass is 9.72. The molecule has 0 aliphatic heterocycles. The first-order valence-electron chi connectivity index (χ1n) is 13.9. The number of benzene rings is 1. The lowest BCUT2D eigenvalue weighted by molar-refractivity contribution is 0.206. The van der Waals surface area contributed by atoms with Crippen LogP contribution in [0.1, 0.15) is 111 Å². The Balaban J connectivity index is 0. The van der Waals surface area contributed by atoms with Crippen LogP contribution >= 0.6 is 0 Å². The molecule has 4 atom stereocenters. The van der Waals surface area contributed by atoms with Crippen molar-refractivity contribution in [2.45, 2.75) is 113 Å². The van der Waals surface area contributed by atoms with E-state index in [1.54, 1.807) is 5.56 Å². The molecule has 1 fully saturated rings. The van der Waals surface area contributed by atoms with Crippen molar-refractivity contribution < 1.29 is 5.48 Å². The minimum absolute atomic E-state index is 0. The highest BCUT2D eigenvalue weighted by atomic mass is 16.0. The van der Waals surface area contributed by atoms with Gasteiger partial charge in [0, 0.05) is 12.6 Å². The largest absolute Gasteiger partial charge is 0.412 e. The average Bonchev–Trinajstić information content (AvgIpc) is 3.26. The Hall–Kier alpha value is -1.42. The van der Waals surface area contributed by atoms with E-state index >= 15 is 0 Å². The van der Waals surface area contributed by atoms with Crippen LogP contribution in [0.25, 0.3) is 0 Å². The standard InChI is InChI=1S/C23H39N.C6H9N.C3H8.CH4.H2O/c1-16(2)22(24-7)18(4)19-12-13-21(23(5,6)15-14-19)20-10-8-17(3)9-11-20;7-5-6-3-1-2-4-6;1-3-2;;/h8-11,16,18-19,21-22,24H,12-15H2,1-7H3;1-3H,4-5,7H2;3H2,1-2H3;1H4;1H2/t18-,19?,21?,22+;;;;/m0..../s1. The Morgan fingerprint density at radius 2 is 1.61 bits per heavy atom. The molecule has 2 aliphatic rings. The molecule has 3 nitrogen and oxygen atoms in total. The molecule has 0 aromatic heterocycles. The van der Waals surface area contributed by atoms with Crippen molar-refractivity contribution in [2.24, 2.45) is 28.9 Å². The molecule has 36 heavy (non-hydrogen) atoms. The minimum atomic E-state index is 0. The van der Waals surface area contributed by atoms with Gasteiger partial charge in [-0.1, -0.05) is 116 Å². The van der Waals surface area contributed by atoms with Crippen molar-refractivity contribution in [1.82, 2.24) is 5.32 Å². The zero-order valence-corrected chi connectivity index (χ0v) is 24.5. The van der Waals surface area contributed by atoms with Crippen LogP contribution in [-0.2, 0) is 0 Å². The van der Waals surface area contributed by atoms with E-state index < -0.39 is 0 Å². The van der Waals surface area contributed by atoms with Crippen LogP contribution in [0.4, 0.5) is 0 Å². The molecule has 210 valence electrons. The molecule has 3 heteroatoms. The molecular formula is C33H62N2O. The molecular weight excluding hydrogens is 440 g/mol. The van der Waals surface area contributed by atoms with Crippen LogP contribution in [0, 0.1) is 30.1 Å². The third-order valence-corrected chi connectivity index (χ3v) is 7.88. The molecule has 2 aliphatic carbocycles. The average molecular weight is 503 g/mol. The number of allylic oxidation sites excluding steroid dienone is 3. The van der Waals surface area contributed by atoms with Gasteiger partial charge in [-0.15, -0.1) is 0 Å². The fourth-order valence-corrected chi connectivity index (χ4v) is 5.73. The van der Waals surface area contributed by atoms with E-state index in [1.165, 1.54) is 43.2 Å². The molecule has 0 amide bonds. The predicted molar refractivity (Wildman–Crippen MR) is 164 cm³/mol. The minimum Gasteiger partial charge on any atom is -0.412 e. The first kappa shape index (κ1) is 36.7. The van der Waals surface area contributed by atoms with Crippen molar-refractivity contribution in [3.63, 3.8) is 0 Å². The fourth-order valence-electron chi connectivity index (χ4n) is 5.73. The summed E-state index contributed by atoms with van der Waals surface area (Å²) in [6.07, 6.45) is 14.0. The summed E-state index contributed by atoms with van der Waals surface area (Å²) in [6.45, 7) is 19.3. The molecule has 1 aromatic rings. The highest BCUT2D eigenvalue weighted by Gasteiger charge is 2.37. The summed E-state index contributed by atoms with van der Waals surface area (Å²) in [4.78, 5) is 0. The zero-order valence-electron chi connectivity index (χ0n) is 24.5. The van der Waals surface area contributed by atoms with Crippen LogP contribution in [0.15, 0.2) is 48.1 Å². The number of aryl methyl sites for hydroxylation is 1. The van der Waals surface area contributed by atoms with Gasteiger partial charge < -0.3 is 16.5 Å². The SMILES string of the molecule is C.CCC.CN[C@H](C(C)C)[C@@H](C)C1CCC(c2ccc(C)cc2)C(C)(C)CC1.NCC1=CC=CC1.O. The van der Waals surface area contributed by atoms with Gasteiger partial charge in [0.05, 0.1) is 0 Å². The molecule has 0 saturated heterocycles. The van der Waals surface area contributed by atoms with Crippen LogP contribution in [0.5, 0.6) is 0 Å². The predicted octanol–water partition coefficient (Wildman–Crippen LogP) is 8.23. The van der Waals surface area contributed by atoms with Crippen LogP contribution in [0.2, 0.25) is 0 Å². The van der Waals surface area contributed by atoms with E-state index in [9.17, 15) is 0 Å². The first-order chi connectivity index (χ1) is 16.1. The van der Waals surface area contributed by atoms with Crippen molar-refractivity contribution in [1.29, 1.82) is 0 Å². The molecule has 0 bridgehead atoms. The van der Waals surface area contributed by atoms with Crippen LogP contribution in [0.3, 0.4) is 0 Å². The maximum Gasteiger partial charge on any atom is 0.0143 e. The Labute approximate surface area is 225 Å². The second-order valence-corrected chi connectivity index (χ2v) is 11.6. The molecule has 1 aromatic carbocycles. The van der Waals surface area contributed by atoms with Gasteiger partial charge in [0.1, 0.15) is 0 Å². The lowest BCUT2D eigenvalue weighted by Gasteiger charge is -2.34. The lowest BCUT2D eigenvalue weighted by Crippen LogP contribution is -2.40. The van der Waals surface area contributed by atoms with Crippen molar-refractivity contribution in [3.8, 4) is 0 Å². The second kappa shape index (κ2) is 18.8. The third kappa shape index (κ3) is 11.8. The normalized spacial score (nSPS) is 21.8. The zero-order chi connectivity index (χ0) is 25.7. The monoisotopic (exact) mass is 502 g/mol. The number of nitrogens with one attached hydrogen (secondary N) is 1. The van der Waals surface area contributed by atoms with Gasteiger partial charge in [0.25, 0.3) is 0 Å². The number of hydrogen-bond donors (Lipinski definition) is 2. The van der Waals surface area contributed by atoms with E-state index in [4.69, 9.17) is 5.73 Å². The Morgan fingerprint density at radius 3 is 2.03 bits per heavy atom. The molecule has 5 N–H and O–H groups in total. The summed E-state index contributed by atoms with van der Waals surface area (Å²) in [5.41, 5.74) is 9.97. The van der Waals surface area contributed by atoms with Gasteiger partial charge in [-0.2, -0.15) is 0 Å². The maximum atomic E-state index is 5.33. The summed E-state index contributed by atoms with van der Waals surface area (Å²) in [7, 11) is 2.14. The van der Waals surface area contributed by atoms with Gasteiger partial charge in [-0.3, -0.25) is 0 Å². The smallest absolute Gasteiger partial charge is 0.0143 e. The number of nitrogens with two attached hydrogens (primary N) is 1.